The second-order valence-electron chi connectivity index (χ2n) is 11.0. The van der Waals surface area contributed by atoms with Gasteiger partial charge in [0.25, 0.3) is 11.8 Å². The van der Waals surface area contributed by atoms with Crippen LogP contribution in [0.1, 0.15) is 31.0 Å². The van der Waals surface area contributed by atoms with E-state index in [2.05, 4.69) is 0 Å². The third-order valence-corrected chi connectivity index (χ3v) is 10.1. The standard InChI is InChI=1S/C35H31N5O5S/c1-24-31(34(41)40(35(42)32(24)22-36)25(2)26-10-5-3-6-11-26)21-28-23-39(29-13-7-4-8-14-29)37-33(28)27-12-9-15-30(20-27)46(43,44)38-16-18-45-19-17-38/h3-15,20-21,23,25H,16-19H2,1-2H3/b31-21+. The number of nitrogens with zero attached hydrogens (tertiary/aromatic N) is 5. The zero-order valence-corrected chi connectivity index (χ0v) is 26.1. The Hall–Kier alpha value is -5.15. The summed E-state index contributed by atoms with van der Waals surface area (Å²) in [5, 5.41) is 14.8. The molecule has 1 unspecified atom stereocenters. The first-order valence-corrected chi connectivity index (χ1v) is 16.2. The van der Waals surface area contributed by atoms with Gasteiger partial charge in [0.15, 0.2) is 0 Å². The predicted octanol–water partition coefficient (Wildman–Crippen LogP) is 4.91. The Balaban J connectivity index is 1.49. The van der Waals surface area contributed by atoms with E-state index in [1.54, 1.807) is 55.1 Å². The van der Waals surface area contributed by atoms with Crippen LogP contribution in [0, 0.1) is 11.3 Å². The highest BCUT2D eigenvalue weighted by Gasteiger charge is 2.39. The SMILES string of the molecule is CC1=C(C#N)C(=O)N(C(C)c2ccccc2)C(=O)/C1=C/c1cn(-c2ccccc2)nc1-c1cccc(S(=O)(=O)N2CCOCC2)c1. The van der Waals surface area contributed by atoms with Crippen molar-refractivity contribution in [2.75, 3.05) is 26.3 Å². The molecule has 1 fully saturated rings. The summed E-state index contributed by atoms with van der Waals surface area (Å²) in [6.45, 7) is 4.51. The number of hydrogen-bond donors (Lipinski definition) is 0. The number of hydrogen-bond acceptors (Lipinski definition) is 7. The van der Waals surface area contributed by atoms with E-state index in [4.69, 9.17) is 9.84 Å². The van der Waals surface area contributed by atoms with E-state index in [0.717, 1.165) is 16.2 Å². The first-order chi connectivity index (χ1) is 22.2. The van der Waals surface area contributed by atoms with E-state index < -0.39 is 27.9 Å². The van der Waals surface area contributed by atoms with Crippen molar-refractivity contribution in [3.8, 4) is 23.0 Å². The van der Waals surface area contributed by atoms with Gasteiger partial charge in [-0.15, -0.1) is 0 Å². The van der Waals surface area contributed by atoms with E-state index in [1.165, 1.54) is 4.31 Å². The van der Waals surface area contributed by atoms with E-state index in [9.17, 15) is 23.3 Å². The molecule has 0 aliphatic carbocycles. The number of benzene rings is 3. The van der Waals surface area contributed by atoms with Crippen molar-refractivity contribution in [1.82, 2.24) is 19.0 Å². The van der Waals surface area contributed by atoms with Crippen LogP contribution in [0.5, 0.6) is 0 Å². The fourth-order valence-corrected chi connectivity index (χ4v) is 7.11. The van der Waals surface area contributed by atoms with Crippen molar-refractivity contribution in [3.63, 3.8) is 0 Å². The molecule has 0 N–H and O–H groups in total. The second-order valence-corrected chi connectivity index (χ2v) is 12.9. The minimum atomic E-state index is -3.79. The lowest BCUT2D eigenvalue weighted by atomic mass is 9.91. The maximum atomic E-state index is 14.1. The summed E-state index contributed by atoms with van der Waals surface area (Å²) in [5.74, 6) is -1.19. The molecule has 3 aromatic carbocycles. The lowest BCUT2D eigenvalue weighted by Crippen LogP contribution is -2.44. The number of ether oxygens (including phenoxy) is 1. The smallest absolute Gasteiger partial charge is 0.272 e. The van der Waals surface area contributed by atoms with Gasteiger partial charge in [-0.1, -0.05) is 60.7 Å². The quantitative estimate of drug-likeness (QED) is 0.209. The van der Waals surface area contributed by atoms with Gasteiger partial charge >= 0.3 is 0 Å². The normalized spacial score (nSPS) is 17.8. The maximum Gasteiger partial charge on any atom is 0.272 e. The molecule has 46 heavy (non-hydrogen) atoms. The van der Waals surface area contributed by atoms with E-state index >= 15 is 0 Å². The van der Waals surface area contributed by atoms with Crippen molar-refractivity contribution >= 4 is 27.9 Å². The van der Waals surface area contributed by atoms with Gasteiger partial charge in [-0.2, -0.15) is 14.7 Å². The first-order valence-electron chi connectivity index (χ1n) is 14.8. The number of para-hydroxylation sites is 1. The molecular formula is C35H31N5O5S. The molecule has 0 spiro atoms. The topological polar surface area (TPSA) is 126 Å². The molecule has 1 aromatic heterocycles. The van der Waals surface area contributed by atoms with Crippen LogP contribution in [-0.4, -0.2) is 65.5 Å². The van der Waals surface area contributed by atoms with Crippen LogP contribution in [-0.2, 0) is 24.3 Å². The fraction of sp³-hybridized carbons (Fsp3) is 0.200. The van der Waals surface area contributed by atoms with Gasteiger partial charge in [-0.3, -0.25) is 14.5 Å². The largest absolute Gasteiger partial charge is 0.379 e. The molecule has 3 heterocycles. The van der Waals surface area contributed by atoms with Crippen molar-refractivity contribution in [1.29, 1.82) is 5.26 Å². The Bertz CT molecular complexity index is 2020. The van der Waals surface area contributed by atoms with E-state index in [1.807, 2.05) is 66.7 Å². The zero-order valence-electron chi connectivity index (χ0n) is 25.3. The fourth-order valence-electron chi connectivity index (χ4n) is 5.66. The number of carbonyl (C=O) groups is 2. The molecule has 4 aromatic rings. The third kappa shape index (κ3) is 5.70. The number of amides is 2. The molecule has 10 nitrogen and oxygen atoms in total. The third-order valence-electron chi connectivity index (χ3n) is 8.22. The molecule has 2 amide bonds. The molecule has 1 saturated heterocycles. The molecule has 2 aliphatic heterocycles. The molecule has 6 rings (SSSR count). The Morgan fingerprint density at radius 1 is 0.935 bits per heavy atom. The van der Waals surface area contributed by atoms with E-state index in [0.29, 0.717) is 30.0 Å². The lowest BCUT2D eigenvalue weighted by molar-refractivity contribution is -0.143. The van der Waals surface area contributed by atoms with Crippen LogP contribution in [0.4, 0.5) is 0 Å². The van der Waals surface area contributed by atoms with Crippen molar-refractivity contribution in [2.24, 2.45) is 0 Å². The van der Waals surface area contributed by atoms with Gasteiger partial charge in [0, 0.05) is 36.0 Å². The zero-order chi connectivity index (χ0) is 32.4. The summed E-state index contributed by atoms with van der Waals surface area (Å²) in [6.07, 6.45) is 3.37. The first kappa shape index (κ1) is 30.9. The minimum absolute atomic E-state index is 0.116. The number of imide groups is 1. The minimum Gasteiger partial charge on any atom is -0.379 e. The number of carbonyl (C=O) groups excluding carboxylic acids is 2. The Kier molecular flexibility index (Phi) is 8.51. The van der Waals surface area contributed by atoms with Gasteiger partial charge in [0.2, 0.25) is 10.0 Å². The van der Waals surface area contributed by atoms with Crippen LogP contribution >= 0.6 is 0 Å². The molecule has 0 radical (unpaired) electrons. The molecule has 0 saturated carbocycles. The summed E-state index contributed by atoms with van der Waals surface area (Å²) in [6, 6.07) is 26.4. The Morgan fingerprint density at radius 3 is 2.28 bits per heavy atom. The molecule has 1 atom stereocenters. The van der Waals surface area contributed by atoms with Crippen molar-refractivity contribution < 1.29 is 22.7 Å². The van der Waals surface area contributed by atoms with Crippen LogP contribution in [0.15, 0.2) is 113 Å². The summed E-state index contributed by atoms with van der Waals surface area (Å²) in [5.41, 5.74) is 3.26. The van der Waals surface area contributed by atoms with Crippen molar-refractivity contribution in [2.45, 2.75) is 24.8 Å². The van der Waals surface area contributed by atoms with Crippen LogP contribution in [0.25, 0.3) is 23.0 Å². The number of morpholine rings is 1. The highest BCUT2D eigenvalue weighted by molar-refractivity contribution is 7.89. The van der Waals surface area contributed by atoms with E-state index in [-0.39, 0.29) is 34.7 Å². The maximum absolute atomic E-state index is 14.1. The van der Waals surface area contributed by atoms with Crippen LogP contribution in [0.2, 0.25) is 0 Å². The van der Waals surface area contributed by atoms with Gasteiger partial charge in [-0.25, -0.2) is 13.1 Å². The average Bonchev–Trinajstić information content (AvgIpc) is 3.52. The van der Waals surface area contributed by atoms with Crippen molar-refractivity contribution in [3.05, 3.63) is 119 Å². The summed E-state index contributed by atoms with van der Waals surface area (Å²) < 4.78 is 35.4. The van der Waals surface area contributed by atoms with Crippen LogP contribution < -0.4 is 0 Å². The van der Waals surface area contributed by atoms with Gasteiger partial charge in [-0.05, 0) is 55.3 Å². The molecule has 232 valence electrons. The monoisotopic (exact) mass is 633 g/mol. The van der Waals surface area contributed by atoms with Gasteiger partial charge in [0.1, 0.15) is 17.3 Å². The number of aromatic nitrogens is 2. The molecule has 2 aliphatic rings. The summed E-state index contributed by atoms with van der Waals surface area (Å²) in [7, 11) is -3.79. The Labute approximate surface area is 267 Å². The van der Waals surface area contributed by atoms with Crippen LogP contribution in [0.3, 0.4) is 0 Å². The second kappa shape index (κ2) is 12.7. The van der Waals surface area contributed by atoms with Gasteiger partial charge in [0.05, 0.1) is 29.8 Å². The molecular weight excluding hydrogens is 602 g/mol. The predicted molar refractivity (Wildman–Crippen MR) is 172 cm³/mol. The molecule has 11 heteroatoms. The summed E-state index contributed by atoms with van der Waals surface area (Å²) >= 11 is 0. The lowest BCUT2D eigenvalue weighted by Gasteiger charge is -2.32. The molecule has 0 bridgehead atoms. The van der Waals surface area contributed by atoms with Gasteiger partial charge < -0.3 is 4.74 Å². The summed E-state index contributed by atoms with van der Waals surface area (Å²) in [4.78, 5) is 28.8. The number of nitriles is 1. The average molecular weight is 634 g/mol. The number of sulfonamides is 1. The Morgan fingerprint density at radius 2 is 1.61 bits per heavy atom. The highest BCUT2D eigenvalue weighted by Crippen LogP contribution is 2.35. The number of rotatable bonds is 7. The highest BCUT2D eigenvalue weighted by atomic mass is 32.2.